The lowest BCUT2D eigenvalue weighted by molar-refractivity contribution is -0.118. The van der Waals surface area contributed by atoms with Gasteiger partial charge in [0, 0.05) is 5.92 Å². The van der Waals surface area contributed by atoms with Gasteiger partial charge in [-0.3, -0.25) is 4.79 Å². The van der Waals surface area contributed by atoms with E-state index >= 15 is 0 Å². The molecule has 21 heavy (non-hydrogen) atoms. The van der Waals surface area contributed by atoms with Crippen molar-refractivity contribution >= 4 is 5.78 Å². The van der Waals surface area contributed by atoms with Crippen LogP contribution >= 0.6 is 0 Å². The van der Waals surface area contributed by atoms with Crippen molar-refractivity contribution in [2.24, 2.45) is 5.92 Å². The number of unbranched alkanes of at least 4 members (excludes halogenated alkanes) is 11. The number of carbonyl (C=O) groups excluding carboxylic acids is 1. The molecule has 124 valence electrons. The summed E-state index contributed by atoms with van der Waals surface area (Å²) in [7, 11) is 0. The molecule has 0 aromatic heterocycles. The van der Waals surface area contributed by atoms with Gasteiger partial charge in [-0.2, -0.15) is 0 Å². The predicted molar refractivity (Wildman–Crippen MR) is 94.7 cm³/mol. The molecule has 0 aromatic rings. The Hall–Kier alpha value is -0.590. The van der Waals surface area contributed by atoms with E-state index in [4.69, 9.17) is 0 Å². The van der Waals surface area contributed by atoms with Crippen LogP contribution in [0.25, 0.3) is 0 Å². The molecule has 0 amide bonds. The highest BCUT2D eigenvalue weighted by Gasteiger charge is 2.12. The number of rotatable bonds is 15. The largest absolute Gasteiger partial charge is 0.294 e. The molecule has 0 aliphatic heterocycles. The third-order valence-electron chi connectivity index (χ3n) is 4.36. The number of hydrogen-bond acceptors (Lipinski definition) is 1. The fourth-order valence-corrected chi connectivity index (χ4v) is 2.84. The van der Waals surface area contributed by atoms with E-state index in [9.17, 15) is 4.79 Å². The zero-order valence-corrected chi connectivity index (χ0v) is 14.9. The molecule has 0 saturated heterocycles. The third-order valence-corrected chi connectivity index (χ3v) is 4.36. The molecule has 1 unspecified atom stereocenters. The Bertz CT molecular complexity index is 267. The van der Waals surface area contributed by atoms with Gasteiger partial charge in [0.05, 0.1) is 0 Å². The molecule has 0 saturated carbocycles. The van der Waals surface area contributed by atoms with E-state index in [1.165, 1.54) is 77.0 Å². The van der Waals surface area contributed by atoms with Gasteiger partial charge in [-0.15, -0.1) is 0 Å². The third kappa shape index (κ3) is 12.8. The van der Waals surface area contributed by atoms with Crippen molar-refractivity contribution < 1.29 is 4.79 Å². The molecule has 0 radical (unpaired) electrons. The molecular formula is C20H38O. The van der Waals surface area contributed by atoms with Crippen molar-refractivity contribution in [2.45, 2.75) is 104 Å². The summed E-state index contributed by atoms with van der Waals surface area (Å²) >= 11 is 0. The summed E-state index contributed by atoms with van der Waals surface area (Å²) in [6.07, 6.45) is 17.5. The van der Waals surface area contributed by atoms with Crippen molar-refractivity contribution in [2.75, 3.05) is 0 Å². The lowest BCUT2D eigenvalue weighted by Gasteiger charge is -2.09. The van der Waals surface area contributed by atoms with E-state index in [0.29, 0.717) is 5.57 Å². The molecule has 1 nitrogen and oxygen atoms in total. The molecule has 0 heterocycles. The number of allylic oxidation sites excluding steroid dienone is 1. The van der Waals surface area contributed by atoms with Crippen LogP contribution in [0, 0.1) is 5.92 Å². The lowest BCUT2D eigenvalue weighted by atomic mass is 9.95. The molecule has 0 aliphatic rings. The second-order valence-electron chi connectivity index (χ2n) is 6.72. The Labute approximate surface area is 133 Å². The monoisotopic (exact) mass is 294 g/mol. The Kier molecular flexibility index (Phi) is 13.9. The SMILES string of the molecule is C=C(C)C(=O)C(C)CCCCCCCCCCCCCC. The van der Waals surface area contributed by atoms with Gasteiger partial charge in [-0.05, 0) is 18.9 Å². The Morgan fingerprint density at radius 2 is 1.19 bits per heavy atom. The maximum atomic E-state index is 11.7. The van der Waals surface area contributed by atoms with Gasteiger partial charge >= 0.3 is 0 Å². The standard InChI is InChI=1S/C20H38O/c1-5-6-7-8-9-10-11-12-13-14-15-16-17-19(4)20(21)18(2)3/h19H,2,5-17H2,1,3-4H3. The van der Waals surface area contributed by atoms with Gasteiger partial charge in [-0.25, -0.2) is 0 Å². The summed E-state index contributed by atoms with van der Waals surface area (Å²) < 4.78 is 0. The second-order valence-corrected chi connectivity index (χ2v) is 6.72. The smallest absolute Gasteiger partial charge is 0.160 e. The van der Waals surface area contributed by atoms with E-state index in [1.807, 2.05) is 13.8 Å². The van der Waals surface area contributed by atoms with Crippen LogP contribution in [0.4, 0.5) is 0 Å². The number of Topliss-reactive ketones (excluding diaryl/α,β-unsaturated/α-hetero) is 1. The van der Waals surface area contributed by atoms with Gasteiger partial charge in [0.1, 0.15) is 0 Å². The molecule has 0 aromatic carbocycles. The van der Waals surface area contributed by atoms with Crippen LogP contribution in [0.1, 0.15) is 104 Å². The maximum Gasteiger partial charge on any atom is 0.160 e. The minimum Gasteiger partial charge on any atom is -0.294 e. The van der Waals surface area contributed by atoms with Crippen LogP contribution in [0.3, 0.4) is 0 Å². The van der Waals surface area contributed by atoms with Crippen LogP contribution in [0.15, 0.2) is 12.2 Å². The molecule has 1 atom stereocenters. The highest BCUT2D eigenvalue weighted by atomic mass is 16.1. The van der Waals surface area contributed by atoms with Crippen molar-refractivity contribution in [3.8, 4) is 0 Å². The highest BCUT2D eigenvalue weighted by molar-refractivity contribution is 5.95. The van der Waals surface area contributed by atoms with E-state index in [1.54, 1.807) is 0 Å². The first kappa shape index (κ1) is 20.4. The predicted octanol–water partition coefficient (Wildman–Crippen LogP) is 6.86. The normalized spacial score (nSPS) is 12.3. The van der Waals surface area contributed by atoms with Crippen molar-refractivity contribution in [1.82, 2.24) is 0 Å². The summed E-state index contributed by atoms with van der Waals surface area (Å²) in [5.41, 5.74) is 0.710. The fraction of sp³-hybridized carbons (Fsp3) is 0.850. The summed E-state index contributed by atoms with van der Waals surface area (Å²) in [5, 5.41) is 0. The van der Waals surface area contributed by atoms with Crippen molar-refractivity contribution in [3.05, 3.63) is 12.2 Å². The van der Waals surface area contributed by atoms with Crippen LogP contribution in [-0.4, -0.2) is 5.78 Å². The zero-order chi connectivity index (χ0) is 15.9. The van der Waals surface area contributed by atoms with Gasteiger partial charge in [0.25, 0.3) is 0 Å². The van der Waals surface area contributed by atoms with Gasteiger partial charge in [0.2, 0.25) is 0 Å². The minimum atomic E-state index is 0.172. The lowest BCUT2D eigenvalue weighted by Crippen LogP contribution is -2.11. The number of ketones is 1. The quantitative estimate of drug-likeness (QED) is 0.238. The molecule has 0 rings (SSSR count). The summed E-state index contributed by atoms with van der Waals surface area (Å²) in [4.78, 5) is 11.7. The summed E-state index contributed by atoms with van der Waals surface area (Å²) in [6, 6.07) is 0. The minimum absolute atomic E-state index is 0.172. The molecule has 0 fully saturated rings. The highest BCUT2D eigenvalue weighted by Crippen LogP contribution is 2.16. The molecule has 0 N–H and O–H groups in total. The van der Waals surface area contributed by atoms with Crippen molar-refractivity contribution in [3.63, 3.8) is 0 Å². The zero-order valence-electron chi connectivity index (χ0n) is 14.9. The average Bonchev–Trinajstić information content (AvgIpc) is 2.47. The van der Waals surface area contributed by atoms with E-state index in [2.05, 4.69) is 13.5 Å². The van der Waals surface area contributed by atoms with Crippen LogP contribution < -0.4 is 0 Å². The fourth-order valence-electron chi connectivity index (χ4n) is 2.84. The Balaban J connectivity index is 3.22. The first-order valence-electron chi connectivity index (χ1n) is 9.29. The van der Waals surface area contributed by atoms with Crippen LogP contribution in [0.2, 0.25) is 0 Å². The maximum absolute atomic E-state index is 11.7. The summed E-state index contributed by atoms with van der Waals surface area (Å²) in [6.45, 7) is 9.87. The van der Waals surface area contributed by atoms with Gasteiger partial charge < -0.3 is 0 Å². The van der Waals surface area contributed by atoms with Crippen LogP contribution in [-0.2, 0) is 4.79 Å². The van der Waals surface area contributed by atoms with Gasteiger partial charge in [0.15, 0.2) is 5.78 Å². The molecule has 0 bridgehead atoms. The van der Waals surface area contributed by atoms with E-state index in [-0.39, 0.29) is 11.7 Å². The molecule has 0 spiro atoms. The number of carbonyl (C=O) groups is 1. The topological polar surface area (TPSA) is 17.1 Å². The molecular weight excluding hydrogens is 256 g/mol. The van der Waals surface area contributed by atoms with Crippen LogP contribution in [0.5, 0.6) is 0 Å². The molecule has 1 heteroatoms. The van der Waals surface area contributed by atoms with E-state index < -0.39 is 0 Å². The number of hydrogen-bond donors (Lipinski definition) is 0. The molecule has 0 aliphatic carbocycles. The Morgan fingerprint density at radius 1 is 0.810 bits per heavy atom. The second kappa shape index (κ2) is 14.4. The Morgan fingerprint density at radius 3 is 1.57 bits per heavy atom. The van der Waals surface area contributed by atoms with Crippen molar-refractivity contribution in [1.29, 1.82) is 0 Å². The van der Waals surface area contributed by atoms with E-state index in [0.717, 1.165) is 6.42 Å². The van der Waals surface area contributed by atoms with Gasteiger partial charge in [-0.1, -0.05) is 97.5 Å². The first-order chi connectivity index (χ1) is 10.1. The summed E-state index contributed by atoms with van der Waals surface area (Å²) in [5.74, 6) is 0.420. The average molecular weight is 295 g/mol. The first-order valence-corrected chi connectivity index (χ1v) is 9.29.